The fourth-order valence-corrected chi connectivity index (χ4v) is 3.92. The Labute approximate surface area is 120 Å². The molecule has 2 aliphatic rings. The summed E-state index contributed by atoms with van der Waals surface area (Å²) in [5, 5.41) is 3.54. The third-order valence-corrected chi connectivity index (χ3v) is 4.93. The normalized spacial score (nSPS) is 31.3. The van der Waals surface area contributed by atoms with E-state index in [1.807, 2.05) is 12.1 Å². The first-order chi connectivity index (χ1) is 9.71. The van der Waals surface area contributed by atoms with Gasteiger partial charge in [0.15, 0.2) is 0 Å². The molecule has 1 aromatic carbocycles. The third-order valence-electron chi connectivity index (χ3n) is 4.93. The molecule has 2 fully saturated rings. The fraction of sp³-hybridized carbons (Fsp3) is 0.647. The highest BCUT2D eigenvalue weighted by Crippen LogP contribution is 2.60. The molecule has 0 spiro atoms. The van der Waals surface area contributed by atoms with Crippen molar-refractivity contribution in [1.29, 1.82) is 0 Å². The summed E-state index contributed by atoms with van der Waals surface area (Å²) in [6.45, 7) is 2.73. The molecule has 2 atom stereocenters. The van der Waals surface area contributed by atoms with Crippen molar-refractivity contribution >= 4 is 0 Å². The van der Waals surface area contributed by atoms with Gasteiger partial charge in [0, 0.05) is 20.2 Å². The zero-order valence-corrected chi connectivity index (χ0v) is 12.2. The second kappa shape index (κ2) is 5.82. The van der Waals surface area contributed by atoms with Gasteiger partial charge in [0.25, 0.3) is 0 Å². The number of nitrogens with one attached hydrogen (secondary N) is 1. The Morgan fingerprint density at radius 1 is 1.25 bits per heavy atom. The number of rotatable bonds is 7. The zero-order valence-electron chi connectivity index (χ0n) is 12.2. The zero-order chi connectivity index (χ0) is 14.0. The highest BCUT2D eigenvalue weighted by molar-refractivity contribution is 5.20. The van der Waals surface area contributed by atoms with E-state index in [0.29, 0.717) is 5.41 Å². The highest BCUT2D eigenvalue weighted by Gasteiger charge is 2.53. The molecule has 1 aromatic rings. The Bertz CT molecular complexity index is 435. The van der Waals surface area contributed by atoms with Crippen LogP contribution in [0, 0.1) is 23.1 Å². The van der Waals surface area contributed by atoms with Crippen LogP contribution in [0.5, 0.6) is 0 Å². The van der Waals surface area contributed by atoms with E-state index in [0.717, 1.165) is 38.0 Å². The summed E-state index contributed by atoms with van der Waals surface area (Å²) in [7, 11) is 1.74. The summed E-state index contributed by atoms with van der Waals surface area (Å²) in [6.07, 6.45) is 5.16. The summed E-state index contributed by atoms with van der Waals surface area (Å²) >= 11 is 0. The quantitative estimate of drug-likeness (QED) is 0.774. The predicted molar refractivity (Wildman–Crippen MR) is 78.1 cm³/mol. The average molecular weight is 277 g/mol. The Morgan fingerprint density at radius 3 is 2.60 bits per heavy atom. The monoisotopic (exact) mass is 277 g/mol. The molecule has 3 heteroatoms. The van der Waals surface area contributed by atoms with E-state index in [1.54, 1.807) is 19.2 Å². The van der Waals surface area contributed by atoms with Gasteiger partial charge in [0.2, 0.25) is 0 Å². The van der Waals surface area contributed by atoms with E-state index >= 15 is 0 Å². The highest BCUT2D eigenvalue weighted by atomic mass is 19.1. The van der Waals surface area contributed by atoms with E-state index in [-0.39, 0.29) is 5.82 Å². The topological polar surface area (TPSA) is 21.3 Å². The van der Waals surface area contributed by atoms with E-state index in [9.17, 15) is 4.39 Å². The van der Waals surface area contributed by atoms with Crippen molar-refractivity contribution in [3.63, 3.8) is 0 Å². The van der Waals surface area contributed by atoms with Crippen molar-refractivity contribution in [2.24, 2.45) is 17.3 Å². The average Bonchev–Trinajstić information content (AvgIpc) is 3.06. The summed E-state index contributed by atoms with van der Waals surface area (Å²) in [5.74, 6) is 1.77. The molecule has 0 saturated heterocycles. The van der Waals surface area contributed by atoms with Gasteiger partial charge in [-0.05, 0) is 60.6 Å². The van der Waals surface area contributed by atoms with Gasteiger partial charge < -0.3 is 10.1 Å². The van der Waals surface area contributed by atoms with Gasteiger partial charge >= 0.3 is 0 Å². The maximum absolute atomic E-state index is 13.0. The van der Waals surface area contributed by atoms with Crippen molar-refractivity contribution < 1.29 is 9.13 Å². The standard InChI is InChI=1S/C17H24FNO/c1-20-7-6-19-12-17(10-14-8-15(14)11-17)9-13-2-4-16(18)5-3-13/h2-5,14-15,19H,6-12H2,1H3. The molecule has 0 aromatic heterocycles. The minimum Gasteiger partial charge on any atom is -0.383 e. The van der Waals surface area contributed by atoms with Crippen LogP contribution >= 0.6 is 0 Å². The fourth-order valence-electron chi connectivity index (χ4n) is 3.92. The number of hydrogen-bond donors (Lipinski definition) is 1. The Balaban J connectivity index is 1.62. The summed E-state index contributed by atoms with van der Waals surface area (Å²) in [5.41, 5.74) is 1.64. The van der Waals surface area contributed by atoms with Gasteiger partial charge in [0.1, 0.15) is 5.82 Å². The largest absolute Gasteiger partial charge is 0.383 e. The van der Waals surface area contributed by atoms with Crippen LogP contribution in [0.15, 0.2) is 24.3 Å². The molecule has 0 bridgehead atoms. The molecule has 2 saturated carbocycles. The van der Waals surface area contributed by atoms with Crippen molar-refractivity contribution in [2.75, 3.05) is 26.8 Å². The Morgan fingerprint density at radius 2 is 1.95 bits per heavy atom. The molecular weight excluding hydrogens is 253 g/mol. The molecule has 2 nitrogen and oxygen atoms in total. The van der Waals surface area contributed by atoms with Crippen LogP contribution in [0.2, 0.25) is 0 Å². The van der Waals surface area contributed by atoms with Crippen molar-refractivity contribution in [3.05, 3.63) is 35.6 Å². The molecule has 110 valence electrons. The van der Waals surface area contributed by atoms with Gasteiger partial charge in [-0.2, -0.15) is 0 Å². The van der Waals surface area contributed by atoms with Crippen LogP contribution in [-0.2, 0) is 11.2 Å². The van der Waals surface area contributed by atoms with Gasteiger partial charge in [0.05, 0.1) is 6.61 Å². The van der Waals surface area contributed by atoms with Crippen molar-refractivity contribution in [2.45, 2.75) is 25.7 Å². The Kier molecular flexibility index (Phi) is 4.08. The number of ether oxygens (including phenoxy) is 1. The first kappa shape index (κ1) is 14.0. The number of hydrogen-bond acceptors (Lipinski definition) is 2. The van der Waals surface area contributed by atoms with Gasteiger partial charge in [-0.25, -0.2) is 4.39 Å². The number of benzene rings is 1. The van der Waals surface area contributed by atoms with Crippen LogP contribution in [0.3, 0.4) is 0 Å². The predicted octanol–water partition coefficient (Wildman–Crippen LogP) is 3.02. The number of fused-ring (bicyclic) bond motifs is 1. The van der Waals surface area contributed by atoms with Crippen LogP contribution in [0.1, 0.15) is 24.8 Å². The minimum atomic E-state index is -0.143. The Hall–Kier alpha value is -0.930. The molecule has 2 unspecified atom stereocenters. The molecule has 0 amide bonds. The van der Waals surface area contributed by atoms with Crippen molar-refractivity contribution in [1.82, 2.24) is 5.32 Å². The van der Waals surface area contributed by atoms with E-state index in [1.165, 1.54) is 24.8 Å². The molecule has 0 heterocycles. The van der Waals surface area contributed by atoms with E-state index < -0.39 is 0 Å². The van der Waals surface area contributed by atoms with Crippen LogP contribution < -0.4 is 5.32 Å². The van der Waals surface area contributed by atoms with E-state index in [2.05, 4.69) is 5.32 Å². The van der Waals surface area contributed by atoms with E-state index in [4.69, 9.17) is 4.74 Å². The van der Waals surface area contributed by atoms with Crippen molar-refractivity contribution in [3.8, 4) is 0 Å². The lowest BCUT2D eigenvalue weighted by atomic mass is 9.77. The van der Waals surface area contributed by atoms with Gasteiger partial charge in [-0.15, -0.1) is 0 Å². The third kappa shape index (κ3) is 3.21. The molecule has 2 aliphatic carbocycles. The smallest absolute Gasteiger partial charge is 0.123 e. The lowest BCUT2D eigenvalue weighted by Crippen LogP contribution is -2.36. The molecule has 3 rings (SSSR count). The lowest BCUT2D eigenvalue weighted by Gasteiger charge is -2.31. The second-order valence-electron chi connectivity index (χ2n) is 6.64. The molecule has 1 N–H and O–H groups in total. The molecule has 0 aliphatic heterocycles. The van der Waals surface area contributed by atoms with Gasteiger partial charge in [-0.1, -0.05) is 12.1 Å². The maximum Gasteiger partial charge on any atom is 0.123 e. The molecular formula is C17H24FNO. The molecule has 20 heavy (non-hydrogen) atoms. The van der Waals surface area contributed by atoms with Gasteiger partial charge in [-0.3, -0.25) is 0 Å². The lowest BCUT2D eigenvalue weighted by molar-refractivity contribution is 0.186. The summed E-state index contributed by atoms with van der Waals surface area (Å²) in [4.78, 5) is 0. The first-order valence-corrected chi connectivity index (χ1v) is 7.65. The van der Waals surface area contributed by atoms with Crippen LogP contribution in [0.25, 0.3) is 0 Å². The van der Waals surface area contributed by atoms with Crippen LogP contribution in [-0.4, -0.2) is 26.8 Å². The maximum atomic E-state index is 13.0. The number of methoxy groups -OCH3 is 1. The first-order valence-electron chi connectivity index (χ1n) is 7.65. The van der Waals surface area contributed by atoms with Crippen LogP contribution in [0.4, 0.5) is 4.39 Å². The summed E-state index contributed by atoms with van der Waals surface area (Å²) < 4.78 is 18.1. The second-order valence-corrected chi connectivity index (χ2v) is 6.64. The SMILES string of the molecule is COCCNCC1(Cc2ccc(F)cc2)CC2CC2C1. The summed E-state index contributed by atoms with van der Waals surface area (Å²) in [6, 6.07) is 7.04. The minimum absolute atomic E-state index is 0.143. The number of halogens is 1. The molecule has 0 radical (unpaired) electrons.